The third-order valence-corrected chi connectivity index (χ3v) is 5.12. The minimum Gasteiger partial charge on any atom is -0.396 e. The van der Waals surface area contributed by atoms with Crippen LogP contribution in [0.4, 0.5) is 0 Å². The van der Waals surface area contributed by atoms with E-state index in [1.54, 1.807) is 6.07 Å². The molecule has 1 aromatic rings. The van der Waals surface area contributed by atoms with Gasteiger partial charge in [-0.2, -0.15) is 0 Å². The number of nitrogens with one attached hydrogen (secondary N) is 1. The van der Waals surface area contributed by atoms with Gasteiger partial charge in [0.15, 0.2) is 0 Å². The molecule has 1 fully saturated rings. The van der Waals surface area contributed by atoms with Crippen molar-refractivity contribution in [3.63, 3.8) is 0 Å². The molecule has 0 heterocycles. The fourth-order valence-electron chi connectivity index (χ4n) is 3.24. The van der Waals surface area contributed by atoms with Gasteiger partial charge in [-0.3, -0.25) is 4.79 Å². The number of rotatable bonds is 5. The molecule has 0 atom stereocenters. The van der Waals surface area contributed by atoms with E-state index in [1.165, 1.54) is 19.3 Å². The Kier molecular flexibility index (Phi) is 5.65. The highest BCUT2D eigenvalue weighted by molar-refractivity contribution is 6.34. The maximum atomic E-state index is 12.3. The molecule has 1 amide bonds. The third-order valence-electron chi connectivity index (χ3n) is 4.62. The first-order chi connectivity index (χ1) is 10.1. The van der Waals surface area contributed by atoms with Crippen molar-refractivity contribution in [3.05, 3.63) is 34.3 Å². The van der Waals surface area contributed by atoms with Gasteiger partial charge in [-0.15, -0.1) is 0 Å². The number of carbonyl (C=O) groups is 1. The van der Waals surface area contributed by atoms with E-state index in [4.69, 9.17) is 11.6 Å². The van der Waals surface area contributed by atoms with E-state index in [0.717, 1.165) is 24.8 Å². The van der Waals surface area contributed by atoms with Crippen LogP contribution in [-0.2, 0) is 0 Å². The van der Waals surface area contributed by atoms with Gasteiger partial charge in [0.05, 0.1) is 10.6 Å². The molecule has 1 aliphatic carbocycles. The Morgan fingerprint density at radius 3 is 2.71 bits per heavy atom. The molecule has 1 saturated carbocycles. The first-order valence-corrected chi connectivity index (χ1v) is 8.10. The van der Waals surface area contributed by atoms with Gasteiger partial charge in [-0.25, -0.2) is 0 Å². The minimum absolute atomic E-state index is 0.0545. The largest absolute Gasteiger partial charge is 0.396 e. The van der Waals surface area contributed by atoms with Crippen LogP contribution in [0.1, 0.15) is 54.4 Å². The predicted molar refractivity (Wildman–Crippen MR) is 85.7 cm³/mol. The zero-order valence-corrected chi connectivity index (χ0v) is 13.4. The Hall–Kier alpha value is -1.06. The maximum absolute atomic E-state index is 12.3. The fraction of sp³-hybridized carbons (Fsp3) is 0.588. The van der Waals surface area contributed by atoms with Gasteiger partial charge < -0.3 is 10.4 Å². The number of aliphatic hydroxyl groups excluding tert-OH is 1. The van der Waals surface area contributed by atoms with Crippen LogP contribution in [0, 0.1) is 12.3 Å². The van der Waals surface area contributed by atoms with Crippen molar-refractivity contribution >= 4 is 17.5 Å². The number of amides is 1. The molecule has 0 saturated heterocycles. The Labute approximate surface area is 131 Å². The molecule has 21 heavy (non-hydrogen) atoms. The van der Waals surface area contributed by atoms with Crippen molar-refractivity contribution in [1.29, 1.82) is 0 Å². The molecule has 3 nitrogen and oxygen atoms in total. The molecule has 2 rings (SSSR count). The quantitative estimate of drug-likeness (QED) is 0.871. The molecule has 4 heteroatoms. The summed E-state index contributed by atoms with van der Waals surface area (Å²) in [7, 11) is 0. The Balaban J connectivity index is 2.03. The minimum atomic E-state index is -0.119. The van der Waals surface area contributed by atoms with Crippen molar-refractivity contribution in [2.45, 2.75) is 45.4 Å². The normalized spacial score (nSPS) is 17.5. The van der Waals surface area contributed by atoms with Crippen molar-refractivity contribution in [1.82, 2.24) is 5.32 Å². The van der Waals surface area contributed by atoms with Crippen LogP contribution >= 0.6 is 11.6 Å². The molecule has 0 aromatic heterocycles. The van der Waals surface area contributed by atoms with Crippen LogP contribution in [0.15, 0.2) is 18.2 Å². The van der Waals surface area contributed by atoms with E-state index >= 15 is 0 Å². The van der Waals surface area contributed by atoms with Crippen LogP contribution in [0.2, 0.25) is 5.02 Å². The maximum Gasteiger partial charge on any atom is 0.252 e. The fourth-order valence-corrected chi connectivity index (χ4v) is 3.45. The van der Waals surface area contributed by atoms with Crippen LogP contribution in [-0.4, -0.2) is 24.2 Å². The summed E-state index contributed by atoms with van der Waals surface area (Å²) >= 11 is 6.20. The van der Waals surface area contributed by atoms with Crippen LogP contribution in [0.5, 0.6) is 0 Å². The SMILES string of the molecule is Cc1cccc(C(=O)NCC2(CCO)CCCCC2)c1Cl. The lowest BCUT2D eigenvalue weighted by Crippen LogP contribution is -2.39. The van der Waals surface area contributed by atoms with E-state index in [9.17, 15) is 9.90 Å². The van der Waals surface area contributed by atoms with Crippen LogP contribution in [0.25, 0.3) is 0 Å². The second kappa shape index (κ2) is 7.28. The molecule has 0 radical (unpaired) electrons. The Morgan fingerprint density at radius 2 is 2.05 bits per heavy atom. The van der Waals surface area contributed by atoms with Crippen molar-refractivity contribution in [2.24, 2.45) is 5.41 Å². The number of hydrogen-bond donors (Lipinski definition) is 2. The Morgan fingerprint density at radius 1 is 1.33 bits per heavy atom. The number of benzene rings is 1. The molecule has 1 aromatic carbocycles. The zero-order valence-electron chi connectivity index (χ0n) is 12.6. The molecule has 2 N–H and O–H groups in total. The van der Waals surface area contributed by atoms with Gasteiger partial charge in [0, 0.05) is 13.2 Å². The van der Waals surface area contributed by atoms with Gasteiger partial charge in [0.25, 0.3) is 5.91 Å². The average Bonchev–Trinajstić information content (AvgIpc) is 2.49. The number of halogens is 1. The van der Waals surface area contributed by atoms with E-state index in [2.05, 4.69) is 5.32 Å². The number of aliphatic hydroxyl groups is 1. The van der Waals surface area contributed by atoms with Crippen molar-refractivity contribution in [3.8, 4) is 0 Å². The first-order valence-electron chi connectivity index (χ1n) is 7.72. The summed E-state index contributed by atoms with van der Waals surface area (Å²) in [6, 6.07) is 5.50. The first kappa shape index (κ1) is 16.3. The van der Waals surface area contributed by atoms with E-state index in [0.29, 0.717) is 17.1 Å². The molecule has 0 aliphatic heterocycles. The highest BCUT2D eigenvalue weighted by Gasteiger charge is 2.32. The van der Waals surface area contributed by atoms with E-state index in [1.807, 2.05) is 19.1 Å². The van der Waals surface area contributed by atoms with Gasteiger partial charge in [0.1, 0.15) is 0 Å². The average molecular weight is 310 g/mol. The molecule has 0 unspecified atom stereocenters. The van der Waals surface area contributed by atoms with Gasteiger partial charge in [0.2, 0.25) is 0 Å². The summed E-state index contributed by atoms with van der Waals surface area (Å²) in [6.45, 7) is 2.70. The number of carbonyl (C=O) groups excluding carboxylic acids is 1. The molecule has 0 bridgehead atoms. The molecule has 116 valence electrons. The summed E-state index contributed by atoms with van der Waals surface area (Å²) in [4.78, 5) is 12.3. The number of hydrogen-bond acceptors (Lipinski definition) is 2. The third kappa shape index (κ3) is 3.98. The second-order valence-electron chi connectivity index (χ2n) is 6.15. The van der Waals surface area contributed by atoms with Crippen molar-refractivity contribution < 1.29 is 9.90 Å². The Bertz CT molecular complexity index is 490. The molecule has 0 spiro atoms. The molecular weight excluding hydrogens is 286 g/mol. The van der Waals surface area contributed by atoms with Crippen molar-refractivity contribution in [2.75, 3.05) is 13.2 Å². The highest BCUT2D eigenvalue weighted by Crippen LogP contribution is 2.38. The lowest BCUT2D eigenvalue weighted by molar-refractivity contribution is 0.0869. The van der Waals surface area contributed by atoms with E-state index in [-0.39, 0.29) is 17.9 Å². The number of aryl methyl sites for hydroxylation is 1. The summed E-state index contributed by atoms with van der Waals surface area (Å²) in [5, 5.41) is 12.9. The molecular formula is C17H24ClNO2. The predicted octanol–water partition coefficient (Wildman–Crippen LogP) is 3.71. The van der Waals surface area contributed by atoms with Gasteiger partial charge in [-0.1, -0.05) is 43.0 Å². The smallest absolute Gasteiger partial charge is 0.252 e. The lowest BCUT2D eigenvalue weighted by Gasteiger charge is -2.37. The van der Waals surface area contributed by atoms with Gasteiger partial charge in [-0.05, 0) is 43.2 Å². The summed E-state index contributed by atoms with van der Waals surface area (Å²) in [5.74, 6) is -0.119. The topological polar surface area (TPSA) is 49.3 Å². The van der Waals surface area contributed by atoms with Crippen LogP contribution < -0.4 is 5.32 Å². The summed E-state index contributed by atoms with van der Waals surface area (Å²) < 4.78 is 0. The highest BCUT2D eigenvalue weighted by atomic mass is 35.5. The second-order valence-corrected chi connectivity index (χ2v) is 6.53. The summed E-state index contributed by atoms with van der Waals surface area (Å²) in [5.41, 5.74) is 1.50. The van der Waals surface area contributed by atoms with Crippen LogP contribution in [0.3, 0.4) is 0 Å². The lowest BCUT2D eigenvalue weighted by atomic mass is 9.72. The van der Waals surface area contributed by atoms with E-state index < -0.39 is 0 Å². The molecule has 1 aliphatic rings. The summed E-state index contributed by atoms with van der Waals surface area (Å²) in [6.07, 6.45) is 6.53. The standard InChI is InChI=1S/C17H24ClNO2/c1-13-6-5-7-14(15(13)18)16(21)19-12-17(10-11-20)8-3-2-4-9-17/h5-7,20H,2-4,8-12H2,1H3,(H,19,21). The zero-order chi connectivity index (χ0) is 15.3. The monoisotopic (exact) mass is 309 g/mol. The van der Waals surface area contributed by atoms with Gasteiger partial charge >= 0.3 is 0 Å².